The highest BCUT2D eigenvalue weighted by Crippen LogP contribution is 2.62. The van der Waals surface area contributed by atoms with Crippen molar-refractivity contribution in [1.29, 1.82) is 0 Å². The van der Waals surface area contributed by atoms with E-state index in [1.165, 1.54) is 73.1 Å². The van der Waals surface area contributed by atoms with Gasteiger partial charge in [0.2, 0.25) is 0 Å². The molecule has 0 spiro atoms. The van der Waals surface area contributed by atoms with Gasteiger partial charge in [-0.15, -0.1) is 94.1 Å². The first-order chi connectivity index (χ1) is 35.5. The third-order valence-corrected chi connectivity index (χ3v) is 35.6. The summed E-state index contributed by atoms with van der Waals surface area (Å²) >= 11 is 30.9. The van der Waals surface area contributed by atoms with Gasteiger partial charge in [-0.25, -0.2) is 29.9 Å². The van der Waals surface area contributed by atoms with E-state index in [0.717, 1.165) is 112 Å². The van der Waals surface area contributed by atoms with E-state index in [4.69, 9.17) is 29.9 Å². The number of benzene rings is 4. The first kappa shape index (κ1) is 45.8. The fraction of sp³-hybridized carbons (Fsp3) is 0.167. The van der Waals surface area contributed by atoms with Gasteiger partial charge in [0.05, 0.1) is 33.9 Å². The summed E-state index contributed by atoms with van der Waals surface area (Å²) in [5.41, 5.74) is 6.82. The molecule has 0 fully saturated rings. The maximum absolute atomic E-state index is 5.56. The molecule has 0 saturated carbocycles. The van der Waals surface area contributed by atoms with Crippen molar-refractivity contribution in [2.45, 2.75) is 39.2 Å². The molecule has 0 aliphatic carbocycles. The van der Waals surface area contributed by atoms with Crippen molar-refractivity contribution in [3.8, 4) is 45.6 Å². The summed E-state index contributed by atoms with van der Waals surface area (Å²) in [5.74, 6) is 11.6. The predicted molar refractivity (Wildman–Crippen MR) is 331 cm³/mol. The van der Waals surface area contributed by atoms with Crippen LogP contribution in [0.3, 0.4) is 0 Å². The summed E-state index contributed by atoms with van der Waals surface area (Å²) in [7, 11) is 0. The van der Waals surface area contributed by atoms with Crippen molar-refractivity contribution in [3.05, 3.63) is 82.4 Å². The molecule has 72 heavy (non-hydrogen) atoms. The Kier molecular flexibility index (Phi) is 11.6. The van der Waals surface area contributed by atoms with Gasteiger partial charge < -0.3 is 9.97 Å². The average molecular weight is 1230 g/mol. The zero-order chi connectivity index (χ0) is 46.8. The number of H-pyrrole nitrogens is 2. The molecule has 8 nitrogen and oxygen atoms in total. The molecule has 7 aromatic rings. The average Bonchev–Trinajstić information content (AvgIpc) is 4.12. The summed E-state index contributed by atoms with van der Waals surface area (Å²) in [5, 5.41) is 4.03. The minimum Gasteiger partial charge on any atom is -0.324 e. The van der Waals surface area contributed by atoms with Gasteiger partial charge in [-0.05, 0) is 48.5 Å². The Hall–Kier alpha value is -1.20. The lowest BCUT2D eigenvalue weighted by atomic mass is 10.1. The van der Waals surface area contributed by atoms with Crippen LogP contribution in [0, 0.1) is 0 Å². The molecule has 17 rings (SSSR count). The molecule has 0 atom stereocenters. The molecule has 0 saturated heterocycles. The van der Waals surface area contributed by atoms with E-state index >= 15 is 0 Å². The highest BCUT2D eigenvalue weighted by molar-refractivity contribution is 8.33. The molecule has 0 amide bonds. The van der Waals surface area contributed by atoms with E-state index in [1.807, 2.05) is 188 Å². The lowest BCUT2D eigenvalue weighted by molar-refractivity contribution is 1.19. The minimum atomic E-state index is 0.637. The summed E-state index contributed by atoms with van der Waals surface area (Å²) in [6.07, 6.45) is 0. The molecule has 8 bridgehead atoms. The van der Waals surface area contributed by atoms with Crippen LogP contribution in [-0.2, 0) is 0 Å². The van der Waals surface area contributed by atoms with Crippen molar-refractivity contribution in [3.63, 3.8) is 0 Å². The standard InChI is InChI=1S/C48H26N8S16/c1-2-58-42-41(57-1)65-25-9-17-18(10-26(25)66-42)34-49-33(17)53-35-19-11-27-28(68-44-43(67-27)59-3-4-60-44)12-20(19)37(50-35)55-39-23-15-31-32(72-48-47(71-31)63-7-8-64-48)16-24(23)40(52-39)56-38-22-14-30-29(13-21(22)36(51-38)54-34)69-45-46(70-30)62-6-5-61-45/h9-16H,1-8H2,(H2,49,50,51,52,53,54,55,56). The smallest absolute Gasteiger partial charge is 0.164 e. The molecule has 0 radical (unpaired) electrons. The summed E-state index contributed by atoms with van der Waals surface area (Å²) < 4.78 is 11.2. The Morgan fingerprint density at radius 3 is 0.653 bits per heavy atom. The lowest BCUT2D eigenvalue weighted by Gasteiger charge is -2.24. The molecule has 3 aromatic heterocycles. The Labute approximate surface area is 479 Å². The number of nitrogens with zero attached hydrogens (tertiary/aromatic N) is 6. The van der Waals surface area contributed by atoms with Gasteiger partial charge in [-0.1, -0.05) is 94.1 Å². The molecular weight excluding hydrogens is 1200 g/mol. The van der Waals surface area contributed by atoms with Gasteiger partial charge in [0.15, 0.2) is 23.3 Å². The van der Waals surface area contributed by atoms with Gasteiger partial charge in [0, 0.05) is 129 Å². The second-order valence-electron chi connectivity index (χ2n) is 16.9. The Morgan fingerprint density at radius 2 is 0.444 bits per heavy atom. The second kappa shape index (κ2) is 18.2. The number of hydrogen-bond donors (Lipinski definition) is 2. The van der Waals surface area contributed by atoms with E-state index < -0.39 is 0 Å². The molecule has 10 aliphatic heterocycles. The highest BCUT2D eigenvalue weighted by Gasteiger charge is 2.33. The molecular formula is C48H26N8S16. The normalized spacial score (nSPS) is 19.8. The topological polar surface area (TPSA) is 109 Å². The second-order valence-corrected chi connectivity index (χ2v) is 36.2. The van der Waals surface area contributed by atoms with Crippen molar-refractivity contribution in [2.24, 2.45) is 0 Å². The van der Waals surface area contributed by atoms with Crippen molar-refractivity contribution in [1.82, 2.24) is 39.9 Å². The number of fused-ring (bicyclic) bond motifs is 24. The predicted octanol–water partition coefficient (Wildman–Crippen LogP) is 18.1. The van der Waals surface area contributed by atoms with Crippen LogP contribution in [0.4, 0.5) is 0 Å². The fourth-order valence-corrected chi connectivity index (χ4v) is 31.3. The Balaban J connectivity index is 0.955. The number of thioether (sulfide) groups is 16. The SMILES string of the molecule is c1c2c(cc3c1-c1nc-3nc3[nH]c(nc4nc(nc5[nH]c(n1)c1cc6c(cc51)SC1=C(SCCS1)S6)-c1cc5c(cc1-4)SC1=C(SCCS1)S5)c1cc4c(cc31)SC1=C(SCCS1)S4)SC1=C(SCCS1)S2. The fourth-order valence-electron chi connectivity index (χ4n) is 9.37. The molecule has 354 valence electrons. The van der Waals surface area contributed by atoms with Crippen molar-refractivity contribution in [2.75, 3.05) is 46.0 Å². The Bertz CT molecular complexity index is 3550. The number of nitrogens with one attached hydrogen (secondary N) is 2. The van der Waals surface area contributed by atoms with Crippen LogP contribution in [-0.4, -0.2) is 85.9 Å². The van der Waals surface area contributed by atoms with E-state index in [2.05, 4.69) is 58.5 Å². The summed E-state index contributed by atoms with van der Waals surface area (Å²) in [6.45, 7) is 0. The van der Waals surface area contributed by atoms with E-state index in [-0.39, 0.29) is 0 Å². The van der Waals surface area contributed by atoms with E-state index in [1.54, 1.807) is 0 Å². The van der Waals surface area contributed by atoms with Gasteiger partial charge in [0.25, 0.3) is 0 Å². The molecule has 4 aromatic carbocycles. The third kappa shape index (κ3) is 7.69. The van der Waals surface area contributed by atoms with Crippen LogP contribution in [0.1, 0.15) is 0 Å². The minimum absolute atomic E-state index is 0.637. The largest absolute Gasteiger partial charge is 0.324 e. The highest BCUT2D eigenvalue weighted by atomic mass is 32.2. The van der Waals surface area contributed by atoms with E-state index in [0.29, 0.717) is 23.3 Å². The van der Waals surface area contributed by atoms with Crippen molar-refractivity contribution < 1.29 is 0 Å². The lowest BCUT2D eigenvalue weighted by Crippen LogP contribution is -1.98. The number of hydrogen-bond acceptors (Lipinski definition) is 22. The first-order valence-corrected chi connectivity index (χ1v) is 36.9. The van der Waals surface area contributed by atoms with Crippen LogP contribution < -0.4 is 0 Å². The van der Waals surface area contributed by atoms with Gasteiger partial charge in [-0.3, -0.25) is 0 Å². The summed E-state index contributed by atoms with van der Waals surface area (Å²) in [6, 6.07) is 18.5. The van der Waals surface area contributed by atoms with E-state index in [9.17, 15) is 0 Å². The monoisotopic (exact) mass is 1230 g/mol. The third-order valence-electron chi connectivity index (χ3n) is 12.6. The molecule has 0 unspecified atom stereocenters. The van der Waals surface area contributed by atoms with Gasteiger partial charge in [-0.2, -0.15) is 0 Å². The number of aromatic nitrogens is 8. The molecule has 2 N–H and O–H groups in total. The van der Waals surface area contributed by atoms with Crippen LogP contribution in [0.25, 0.3) is 89.7 Å². The van der Waals surface area contributed by atoms with Gasteiger partial charge in [0.1, 0.15) is 22.6 Å². The maximum atomic E-state index is 5.56. The van der Waals surface area contributed by atoms with Crippen LogP contribution in [0.15, 0.2) is 122 Å². The molecule has 24 heteroatoms. The number of rotatable bonds is 0. The Morgan fingerprint density at radius 1 is 0.250 bits per heavy atom. The molecule has 13 heterocycles. The van der Waals surface area contributed by atoms with Crippen LogP contribution in [0.5, 0.6) is 0 Å². The van der Waals surface area contributed by atoms with Crippen LogP contribution in [0.2, 0.25) is 0 Å². The zero-order valence-corrected chi connectivity index (χ0v) is 49.6. The maximum Gasteiger partial charge on any atom is 0.164 e. The summed E-state index contributed by atoms with van der Waals surface area (Å²) in [4.78, 5) is 50.6. The van der Waals surface area contributed by atoms with Crippen molar-refractivity contribution >= 4 is 232 Å². The number of aromatic amines is 2. The first-order valence-electron chi connectivity index (χ1n) is 22.5. The zero-order valence-electron chi connectivity index (χ0n) is 36.5. The van der Waals surface area contributed by atoms with Crippen LogP contribution >= 0.6 is 188 Å². The quantitative estimate of drug-likeness (QED) is 0.150. The molecule has 10 aliphatic rings. The van der Waals surface area contributed by atoms with Gasteiger partial charge >= 0.3 is 0 Å².